The lowest BCUT2D eigenvalue weighted by Gasteiger charge is -2.15. The Kier molecular flexibility index (Phi) is 4.06. The summed E-state index contributed by atoms with van der Waals surface area (Å²) in [5.74, 6) is 0. The van der Waals surface area contributed by atoms with Crippen molar-refractivity contribution in [2.24, 2.45) is 0 Å². The number of nitrogens with zero attached hydrogens (tertiary/aromatic N) is 1. The van der Waals surface area contributed by atoms with Gasteiger partial charge in [0.1, 0.15) is 0 Å². The smallest absolute Gasteiger partial charge is 0.0252 e. The first-order valence-corrected chi connectivity index (χ1v) is 5.87. The van der Waals surface area contributed by atoms with Crippen molar-refractivity contribution in [3.05, 3.63) is 0 Å². The van der Waals surface area contributed by atoms with E-state index in [1.165, 1.54) is 13.0 Å². The molecule has 0 aliphatic carbocycles. The third-order valence-electron chi connectivity index (χ3n) is 1.84. The van der Waals surface area contributed by atoms with E-state index in [-0.39, 0.29) is 0 Å². The van der Waals surface area contributed by atoms with E-state index in [2.05, 4.69) is 35.1 Å². The molecule has 1 rings (SSSR count). The van der Waals surface area contributed by atoms with Crippen molar-refractivity contribution in [3.8, 4) is 0 Å². The summed E-state index contributed by atoms with van der Waals surface area (Å²) in [5.41, 5.74) is 0. The minimum absolute atomic E-state index is 0.602. The largest absolute Gasteiger partial charge is 0.310 e. The van der Waals surface area contributed by atoms with Crippen LogP contribution in [-0.2, 0) is 0 Å². The van der Waals surface area contributed by atoms with Gasteiger partial charge in [0.05, 0.1) is 0 Å². The van der Waals surface area contributed by atoms with Crippen LogP contribution in [0.1, 0.15) is 20.3 Å². The lowest BCUT2D eigenvalue weighted by atomic mass is 10.2. The Morgan fingerprint density at radius 2 is 2.36 bits per heavy atom. The summed E-state index contributed by atoms with van der Waals surface area (Å²) in [6.07, 6.45) is 1.26. The van der Waals surface area contributed by atoms with Crippen molar-refractivity contribution >= 4 is 22.6 Å². The van der Waals surface area contributed by atoms with Crippen LogP contribution in [-0.4, -0.2) is 29.5 Å². The van der Waals surface area contributed by atoms with E-state index in [1.54, 1.807) is 11.0 Å². The van der Waals surface area contributed by atoms with Gasteiger partial charge in [-0.2, -0.15) is 0 Å². The molecule has 1 heterocycles. The summed E-state index contributed by atoms with van der Waals surface area (Å²) in [6, 6.07) is 1.28. The van der Waals surface area contributed by atoms with Crippen molar-refractivity contribution in [2.45, 2.75) is 32.4 Å². The predicted molar refractivity (Wildman–Crippen MR) is 54.8 cm³/mol. The first-order chi connectivity index (χ1) is 5.22. The summed E-state index contributed by atoms with van der Waals surface area (Å²) in [4.78, 5) is 0. The number of hydrogen-bond donors (Lipinski definition) is 2. The molecule has 1 N–H and O–H groups in total. The average Bonchev–Trinajstić information content (AvgIpc) is 2.34. The first-order valence-electron chi connectivity index (χ1n) is 4.05. The zero-order valence-corrected chi connectivity index (χ0v) is 8.79. The second-order valence-electron chi connectivity index (χ2n) is 3.28. The normalized spacial score (nSPS) is 26.7. The monoisotopic (exact) mass is 192 g/mol. The van der Waals surface area contributed by atoms with Gasteiger partial charge >= 0.3 is 0 Å². The molecule has 1 fully saturated rings. The van der Waals surface area contributed by atoms with Crippen LogP contribution in [0.25, 0.3) is 0 Å². The van der Waals surface area contributed by atoms with Crippen molar-refractivity contribution in [3.63, 3.8) is 0 Å². The van der Waals surface area contributed by atoms with Crippen LogP contribution in [0.15, 0.2) is 0 Å². The van der Waals surface area contributed by atoms with Crippen LogP contribution in [0.5, 0.6) is 0 Å². The molecule has 0 bridgehead atoms. The molecule has 0 spiro atoms. The first kappa shape index (κ1) is 9.71. The van der Waals surface area contributed by atoms with Crippen molar-refractivity contribution in [1.29, 1.82) is 0 Å². The molecule has 2 nitrogen and oxygen atoms in total. The molecule has 0 aromatic carbocycles. The molecular weight excluding hydrogens is 176 g/mol. The lowest BCUT2D eigenvalue weighted by Crippen LogP contribution is -2.35. The lowest BCUT2D eigenvalue weighted by molar-refractivity contribution is 0.470. The molecule has 0 saturated carbocycles. The Morgan fingerprint density at radius 3 is 2.82 bits per heavy atom. The van der Waals surface area contributed by atoms with Crippen LogP contribution >= 0.6 is 22.6 Å². The Morgan fingerprint density at radius 1 is 1.64 bits per heavy atom. The summed E-state index contributed by atoms with van der Waals surface area (Å²) in [5, 5.41) is 3.52. The van der Waals surface area contributed by atoms with Crippen molar-refractivity contribution < 1.29 is 0 Å². The molecule has 1 saturated heterocycles. The van der Waals surface area contributed by atoms with E-state index in [4.69, 9.17) is 0 Å². The van der Waals surface area contributed by atoms with Gasteiger partial charge in [0.2, 0.25) is 0 Å². The standard InChI is InChI=1S/C7H16N2S2/c1-6(2)8-7-3-4-9(5-7)11-10/h6-8,10H,3-5H2,1-2H3. The number of thiol groups is 1. The molecule has 1 unspecified atom stereocenters. The highest BCUT2D eigenvalue weighted by Crippen LogP contribution is 2.21. The van der Waals surface area contributed by atoms with Crippen molar-refractivity contribution in [2.75, 3.05) is 13.1 Å². The van der Waals surface area contributed by atoms with E-state index in [9.17, 15) is 0 Å². The average molecular weight is 192 g/mol. The fourth-order valence-electron chi connectivity index (χ4n) is 1.41. The highest BCUT2D eigenvalue weighted by atomic mass is 33.1. The van der Waals surface area contributed by atoms with Gasteiger partial charge in [-0.1, -0.05) is 25.5 Å². The zero-order chi connectivity index (χ0) is 8.27. The molecule has 4 heteroatoms. The van der Waals surface area contributed by atoms with Crippen LogP contribution < -0.4 is 5.32 Å². The van der Waals surface area contributed by atoms with Gasteiger partial charge in [-0.3, -0.25) is 0 Å². The second-order valence-corrected chi connectivity index (χ2v) is 4.45. The highest BCUT2D eigenvalue weighted by Gasteiger charge is 2.21. The van der Waals surface area contributed by atoms with Crippen LogP contribution in [0.4, 0.5) is 0 Å². The van der Waals surface area contributed by atoms with Crippen LogP contribution in [0, 0.1) is 0 Å². The SMILES string of the molecule is CC(C)NC1CCN(SS)C1. The van der Waals surface area contributed by atoms with Gasteiger partial charge in [-0.25, -0.2) is 4.31 Å². The summed E-state index contributed by atoms with van der Waals surface area (Å²) < 4.78 is 2.28. The topological polar surface area (TPSA) is 15.3 Å². The molecule has 1 atom stereocenters. The number of rotatable bonds is 3. The minimum Gasteiger partial charge on any atom is -0.310 e. The molecule has 0 aromatic heterocycles. The zero-order valence-electron chi connectivity index (χ0n) is 7.08. The molecule has 0 amide bonds. The Balaban J connectivity index is 2.19. The second kappa shape index (κ2) is 4.60. The van der Waals surface area contributed by atoms with Gasteiger partial charge in [-0.15, -0.1) is 0 Å². The predicted octanol–water partition coefficient (Wildman–Crippen LogP) is 1.55. The van der Waals surface area contributed by atoms with Gasteiger partial charge in [0.25, 0.3) is 0 Å². The Labute approximate surface area is 78.0 Å². The number of hydrogen-bond acceptors (Lipinski definition) is 4. The molecular formula is C7H16N2S2. The molecule has 11 heavy (non-hydrogen) atoms. The van der Waals surface area contributed by atoms with E-state index in [1.807, 2.05) is 0 Å². The minimum atomic E-state index is 0.602. The molecule has 0 radical (unpaired) electrons. The molecule has 66 valence electrons. The van der Waals surface area contributed by atoms with Crippen LogP contribution in [0.3, 0.4) is 0 Å². The fraction of sp³-hybridized carbons (Fsp3) is 1.00. The Bertz CT molecular complexity index is 119. The van der Waals surface area contributed by atoms with E-state index in [0.29, 0.717) is 12.1 Å². The Hall–Kier alpha value is 0.620. The van der Waals surface area contributed by atoms with Gasteiger partial charge in [0, 0.05) is 25.2 Å². The van der Waals surface area contributed by atoms with Crippen molar-refractivity contribution in [1.82, 2.24) is 9.62 Å². The molecule has 0 aromatic rings. The molecule has 1 aliphatic rings. The summed E-state index contributed by atoms with van der Waals surface area (Å²) in [7, 11) is 1.55. The third-order valence-corrected chi connectivity index (χ3v) is 3.09. The van der Waals surface area contributed by atoms with Gasteiger partial charge in [-0.05, 0) is 17.4 Å². The van der Waals surface area contributed by atoms with Gasteiger partial charge in [0.15, 0.2) is 0 Å². The quantitative estimate of drug-likeness (QED) is 0.401. The third kappa shape index (κ3) is 3.23. The van der Waals surface area contributed by atoms with E-state index >= 15 is 0 Å². The maximum atomic E-state index is 4.16. The van der Waals surface area contributed by atoms with Gasteiger partial charge < -0.3 is 5.32 Å². The highest BCUT2D eigenvalue weighted by molar-refractivity contribution is 8.67. The van der Waals surface area contributed by atoms with Crippen LogP contribution in [0.2, 0.25) is 0 Å². The number of nitrogens with one attached hydrogen (secondary N) is 1. The maximum Gasteiger partial charge on any atom is 0.0252 e. The fourth-order valence-corrected chi connectivity index (χ4v) is 2.29. The van der Waals surface area contributed by atoms with E-state index in [0.717, 1.165) is 6.54 Å². The molecule has 1 aliphatic heterocycles. The summed E-state index contributed by atoms with van der Waals surface area (Å²) in [6.45, 7) is 6.68. The maximum absolute atomic E-state index is 4.16. The van der Waals surface area contributed by atoms with E-state index < -0.39 is 0 Å². The summed E-state index contributed by atoms with van der Waals surface area (Å²) >= 11 is 4.16.